The molecule has 3 nitrogen and oxygen atoms in total. The van der Waals surface area contributed by atoms with E-state index in [2.05, 4.69) is 31.0 Å². The molecule has 2 rings (SSSR count). The third-order valence-electron chi connectivity index (χ3n) is 4.25. The second kappa shape index (κ2) is 7.34. The van der Waals surface area contributed by atoms with E-state index in [-0.39, 0.29) is 18.0 Å². The monoisotopic (exact) mass is 294 g/mol. The molecule has 1 saturated heterocycles. The van der Waals surface area contributed by atoms with E-state index in [1.54, 1.807) is 13.0 Å². The van der Waals surface area contributed by atoms with E-state index in [0.717, 1.165) is 31.8 Å². The molecule has 2 unspecified atom stereocenters. The Labute approximate surface area is 127 Å². The largest absolute Gasteiger partial charge is 0.374 e. The van der Waals surface area contributed by atoms with Gasteiger partial charge in [0.05, 0.1) is 12.7 Å². The van der Waals surface area contributed by atoms with Crippen molar-refractivity contribution in [2.24, 2.45) is 0 Å². The summed E-state index contributed by atoms with van der Waals surface area (Å²) >= 11 is 0. The van der Waals surface area contributed by atoms with Gasteiger partial charge in [0.2, 0.25) is 0 Å². The highest BCUT2D eigenvalue weighted by molar-refractivity contribution is 5.25. The third kappa shape index (κ3) is 4.50. The minimum absolute atomic E-state index is 0.123. The molecular weight excluding hydrogens is 267 g/mol. The number of benzene rings is 1. The van der Waals surface area contributed by atoms with E-state index >= 15 is 0 Å². The van der Waals surface area contributed by atoms with Gasteiger partial charge in [-0.1, -0.05) is 12.1 Å². The molecule has 1 aromatic carbocycles. The third-order valence-corrected chi connectivity index (χ3v) is 4.25. The van der Waals surface area contributed by atoms with Crippen LogP contribution in [0.2, 0.25) is 0 Å². The Morgan fingerprint density at radius 2 is 2.14 bits per heavy atom. The van der Waals surface area contributed by atoms with Crippen molar-refractivity contribution in [2.75, 3.05) is 26.2 Å². The fourth-order valence-electron chi connectivity index (χ4n) is 2.64. The van der Waals surface area contributed by atoms with Crippen LogP contribution >= 0.6 is 0 Å². The van der Waals surface area contributed by atoms with E-state index in [1.807, 2.05) is 12.1 Å². The zero-order valence-electron chi connectivity index (χ0n) is 13.5. The van der Waals surface area contributed by atoms with Crippen molar-refractivity contribution in [3.63, 3.8) is 0 Å². The van der Waals surface area contributed by atoms with Crippen LogP contribution in [0.25, 0.3) is 0 Å². The predicted molar refractivity (Wildman–Crippen MR) is 84.0 cm³/mol. The maximum atomic E-state index is 13.6. The molecule has 0 aliphatic carbocycles. The fraction of sp³-hybridized carbons (Fsp3) is 0.647. The van der Waals surface area contributed by atoms with E-state index in [0.29, 0.717) is 11.6 Å². The van der Waals surface area contributed by atoms with E-state index in [4.69, 9.17) is 4.74 Å². The highest BCUT2D eigenvalue weighted by atomic mass is 19.1. The maximum absolute atomic E-state index is 13.6. The van der Waals surface area contributed by atoms with Crippen molar-refractivity contribution >= 4 is 0 Å². The highest BCUT2D eigenvalue weighted by Crippen LogP contribution is 2.17. The fourth-order valence-corrected chi connectivity index (χ4v) is 2.64. The molecule has 4 heteroatoms. The molecule has 0 aromatic heterocycles. The first-order chi connectivity index (χ1) is 9.97. The first kappa shape index (κ1) is 16.4. The smallest absolute Gasteiger partial charge is 0.126 e. The molecule has 1 aliphatic rings. The van der Waals surface area contributed by atoms with Crippen LogP contribution < -0.4 is 5.32 Å². The second-order valence-electron chi connectivity index (χ2n) is 6.22. The quantitative estimate of drug-likeness (QED) is 0.904. The Balaban J connectivity index is 1.85. The first-order valence-corrected chi connectivity index (χ1v) is 7.82. The van der Waals surface area contributed by atoms with Crippen LogP contribution in [0.3, 0.4) is 0 Å². The summed E-state index contributed by atoms with van der Waals surface area (Å²) in [5, 5.41) is 3.46. The van der Waals surface area contributed by atoms with Crippen molar-refractivity contribution in [1.29, 1.82) is 0 Å². The molecule has 0 amide bonds. The standard InChI is InChI=1S/C17H27FN2O/c1-12(2)20-7-8-21-16(11-20)10-19-14(4)15-6-5-13(3)17(18)9-15/h5-6,9,12,14,16,19H,7-8,10-11H2,1-4H3. The number of nitrogens with one attached hydrogen (secondary N) is 1. The summed E-state index contributed by atoms with van der Waals surface area (Å²) in [5.41, 5.74) is 1.67. The van der Waals surface area contributed by atoms with Crippen LogP contribution in [-0.4, -0.2) is 43.3 Å². The molecule has 1 fully saturated rings. The summed E-state index contributed by atoms with van der Waals surface area (Å²) in [4.78, 5) is 2.44. The number of hydrogen-bond donors (Lipinski definition) is 1. The molecule has 1 aliphatic heterocycles. The normalized spacial score (nSPS) is 21.7. The van der Waals surface area contributed by atoms with Gasteiger partial charge >= 0.3 is 0 Å². The van der Waals surface area contributed by atoms with Crippen LogP contribution in [0.4, 0.5) is 4.39 Å². The van der Waals surface area contributed by atoms with Gasteiger partial charge < -0.3 is 10.1 Å². The van der Waals surface area contributed by atoms with Crippen LogP contribution in [0.1, 0.15) is 37.9 Å². The number of hydrogen-bond acceptors (Lipinski definition) is 3. The molecule has 1 N–H and O–H groups in total. The van der Waals surface area contributed by atoms with Gasteiger partial charge in [-0.15, -0.1) is 0 Å². The average molecular weight is 294 g/mol. The topological polar surface area (TPSA) is 24.5 Å². The molecule has 2 atom stereocenters. The van der Waals surface area contributed by atoms with Crippen molar-refractivity contribution in [3.05, 3.63) is 35.1 Å². The molecule has 0 bridgehead atoms. The van der Waals surface area contributed by atoms with Crippen molar-refractivity contribution in [3.8, 4) is 0 Å². The van der Waals surface area contributed by atoms with Crippen molar-refractivity contribution in [2.45, 2.75) is 45.9 Å². The van der Waals surface area contributed by atoms with Gasteiger partial charge in [-0.3, -0.25) is 4.90 Å². The van der Waals surface area contributed by atoms with Crippen LogP contribution in [0, 0.1) is 12.7 Å². The lowest BCUT2D eigenvalue weighted by Crippen LogP contribution is -2.49. The lowest BCUT2D eigenvalue weighted by Gasteiger charge is -2.36. The van der Waals surface area contributed by atoms with Gasteiger partial charge in [-0.25, -0.2) is 4.39 Å². The van der Waals surface area contributed by atoms with Gasteiger partial charge in [-0.2, -0.15) is 0 Å². The first-order valence-electron chi connectivity index (χ1n) is 7.82. The van der Waals surface area contributed by atoms with Crippen molar-refractivity contribution < 1.29 is 9.13 Å². The van der Waals surface area contributed by atoms with Gasteiger partial charge in [0, 0.05) is 31.7 Å². The molecule has 0 radical (unpaired) electrons. The van der Waals surface area contributed by atoms with Gasteiger partial charge in [0.1, 0.15) is 5.82 Å². The Bertz CT molecular complexity index is 464. The SMILES string of the molecule is Cc1ccc(C(C)NCC2CN(C(C)C)CCO2)cc1F. The minimum atomic E-state index is -0.138. The maximum Gasteiger partial charge on any atom is 0.126 e. The van der Waals surface area contributed by atoms with Gasteiger partial charge in [0.25, 0.3) is 0 Å². The zero-order chi connectivity index (χ0) is 15.4. The minimum Gasteiger partial charge on any atom is -0.374 e. The Hall–Kier alpha value is -0.970. The summed E-state index contributed by atoms with van der Waals surface area (Å²) < 4.78 is 19.4. The van der Waals surface area contributed by atoms with E-state index in [9.17, 15) is 4.39 Å². The summed E-state index contributed by atoms with van der Waals surface area (Å²) in [7, 11) is 0. The number of morpholine rings is 1. The van der Waals surface area contributed by atoms with Crippen LogP contribution in [0.5, 0.6) is 0 Å². The molecule has 0 saturated carbocycles. The molecule has 118 valence electrons. The lowest BCUT2D eigenvalue weighted by atomic mass is 10.1. The van der Waals surface area contributed by atoms with E-state index < -0.39 is 0 Å². The van der Waals surface area contributed by atoms with Gasteiger partial charge in [0.15, 0.2) is 0 Å². The number of ether oxygens (including phenoxy) is 1. The number of aryl methyl sites for hydroxylation is 1. The molecule has 1 aromatic rings. The Morgan fingerprint density at radius 3 is 2.81 bits per heavy atom. The summed E-state index contributed by atoms with van der Waals surface area (Å²) in [6.45, 7) is 11.8. The van der Waals surface area contributed by atoms with Crippen molar-refractivity contribution in [1.82, 2.24) is 10.2 Å². The molecular formula is C17H27FN2O. The molecule has 1 heterocycles. The summed E-state index contributed by atoms with van der Waals surface area (Å²) in [5.74, 6) is -0.138. The summed E-state index contributed by atoms with van der Waals surface area (Å²) in [6.07, 6.45) is 0.207. The second-order valence-corrected chi connectivity index (χ2v) is 6.22. The Kier molecular flexibility index (Phi) is 5.73. The zero-order valence-corrected chi connectivity index (χ0v) is 13.5. The number of nitrogens with zero attached hydrogens (tertiary/aromatic N) is 1. The average Bonchev–Trinajstić information content (AvgIpc) is 2.48. The highest BCUT2D eigenvalue weighted by Gasteiger charge is 2.22. The summed E-state index contributed by atoms with van der Waals surface area (Å²) in [6, 6.07) is 6.12. The van der Waals surface area contributed by atoms with Crippen LogP contribution in [-0.2, 0) is 4.74 Å². The lowest BCUT2D eigenvalue weighted by molar-refractivity contribution is -0.0379. The number of rotatable bonds is 5. The molecule has 21 heavy (non-hydrogen) atoms. The molecule has 0 spiro atoms. The van der Waals surface area contributed by atoms with E-state index in [1.165, 1.54) is 0 Å². The van der Waals surface area contributed by atoms with Gasteiger partial charge in [-0.05, 0) is 44.9 Å². The predicted octanol–water partition coefficient (Wildman–Crippen LogP) is 2.89. The Morgan fingerprint density at radius 1 is 1.38 bits per heavy atom. The van der Waals surface area contributed by atoms with Crippen LogP contribution in [0.15, 0.2) is 18.2 Å². The number of halogens is 1.